The monoisotopic (exact) mass is 244 g/mol. The molecule has 0 aliphatic heterocycles. The fourth-order valence-corrected chi connectivity index (χ4v) is 2.37. The maximum atomic E-state index is 13.4. The third-order valence-electron chi connectivity index (χ3n) is 3.24. The molecule has 0 unspecified atom stereocenters. The van der Waals surface area contributed by atoms with E-state index in [0.29, 0.717) is 18.5 Å². The minimum atomic E-state index is -1.25. The Morgan fingerprint density at radius 2 is 1.88 bits per heavy atom. The number of halogens is 3. The van der Waals surface area contributed by atoms with Gasteiger partial charge in [-0.1, -0.05) is 12.8 Å². The first-order valence-corrected chi connectivity index (χ1v) is 5.80. The number of nitrogens with zero attached hydrogens (tertiary/aromatic N) is 2. The second-order valence-electron chi connectivity index (χ2n) is 4.60. The van der Waals surface area contributed by atoms with Crippen molar-refractivity contribution in [2.45, 2.75) is 25.7 Å². The predicted octanol–water partition coefficient (Wildman–Crippen LogP) is 3.13. The van der Waals surface area contributed by atoms with Crippen LogP contribution in [0.5, 0.6) is 0 Å². The normalized spacial score (nSPS) is 16.5. The Bertz CT molecular complexity index is 403. The molecule has 5 heteroatoms. The van der Waals surface area contributed by atoms with Crippen molar-refractivity contribution in [2.75, 3.05) is 18.5 Å². The van der Waals surface area contributed by atoms with Crippen molar-refractivity contribution in [1.82, 2.24) is 4.98 Å². The van der Waals surface area contributed by atoms with Gasteiger partial charge in [0.05, 0.1) is 0 Å². The molecular formula is C12H15F3N2. The zero-order valence-electron chi connectivity index (χ0n) is 9.72. The van der Waals surface area contributed by atoms with E-state index in [1.807, 2.05) is 0 Å². The summed E-state index contributed by atoms with van der Waals surface area (Å²) in [5, 5.41) is 0. The molecule has 0 bridgehead atoms. The van der Waals surface area contributed by atoms with Crippen molar-refractivity contribution in [1.29, 1.82) is 0 Å². The summed E-state index contributed by atoms with van der Waals surface area (Å²) in [5.74, 6) is -2.94. The minimum absolute atomic E-state index is 0.115. The Balaban J connectivity index is 2.12. The lowest BCUT2D eigenvalue weighted by Crippen LogP contribution is -2.26. The number of aromatic nitrogens is 1. The van der Waals surface area contributed by atoms with Crippen molar-refractivity contribution in [3.8, 4) is 0 Å². The predicted molar refractivity (Wildman–Crippen MR) is 59.3 cm³/mol. The summed E-state index contributed by atoms with van der Waals surface area (Å²) in [4.78, 5) is 4.89. The highest BCUT2D eigenvalue weighted by Gasteiger charge is 2.20. The molecule has 2 rings (SSSR count). The molecule has 1 heterocycles. The Labute approximate surface area is 98.5 Å². The molecule has 0 N–H and O–H groups in total. The summed E-state index contributed by atoms with van der Waals surface area (Å²) in [7, 11) is 1.65. The van der Waals surface area contributed by atoms with Crippen LogP contribution >= 0.6 is 0 Å². The lowest BCUT2D eigenvalue weighted by atomic mass is 10.1. The van der Waals surface area contributed by atoms with E-state index in [0.717, 1.165) is 12.8 Å². The molecule has 1 aliphatic rings. The van der Waals surface area contributed by atoms with Crippen LogP contribution in [0.25, 0.3) is 0 Å². The van der Waals surface area contributed by atoms with Crippen molar-refractivity contribution in [3.05, 3.63) is 23.6 Å². The lowest BCUT2D eigenvalue weighted by molar-refractivity contribution is 0.460. The van der Waals surface area contributed by atoms with Gasteiger partial charge >= 0.3 is 0 Å². The van der Waals surface area contributed by atoms with Crippen LogP contribution in [0.1, 0.15) is 25.7 Å². The highest BCUT2D eigenvalue weighted by molar-refractivity contribution is 5.39. The van der Waals surface area contributed by atoms with Crippen molar-refractivity contribution in [2.24, 2.45) is 5.92 Å². The number of hydrogen-bond acceptors (Lipinski definition) is 2. The topological polar surface area (TPSA) is 16.1 Å². The Kier molecular flexibility index (Phi) is 3.54. The van der Waals surface area contributed by atoms with Gasteiger partial charge in [-0.05, 0) is 18.8 Å². The van der Waals surface area contributed by atoms with E-state index >= 15 is 0 Å². The quantitative estimate of drug-likeness (QED) is 0.759. The van der Waals surface area contributed by atoms with Gasteiger partial charge in [-0.2, -0.15) is 9.37 Å². The summed E-state index contributed by atoms with van der Waals surface area (Å²) in [5.41, 5.74) is 0. The maximum Gasteiger partial charge on any atom is 0.251 e. The van der Waals surface area contributed by atoms with Crippen LogP contribution in [-0.2, 0) is 0 Å². The van der Waals surface area contributed by atoms with Crippen molar-refractivity contribution < 1.29 is 13.2 Å². The fourth-order valence-electron chi connectivity index (χ4n) is 2.37. The van der Waals surface area contributed by atoms with Crippen LogP contribution < -0.4 is 4.90 Å². The molecule has 94 valence electrons. The molecule has 2 nitrogen and oxygen atoms in total. The average Bonchev–Trinajstić information content (AvgIpc) is 2.76. The summed E-state index contributed by atoms with van der Waals surface area (Å²) < 4.78 is 39.1. The maximum absolute atomic E-state index is 13.4. The highest BCUT2D eigenvalue weighted by atomic mass is 19.2. The van der Waals surface area contributed by atoms with E-state index in [1.54, 1.807) is 11.9 Å². The molecule has 17 heavy (non-hydrogen) atoms. The van der Waals surface area contributed by atoms with Gasteiger partial charge in [-0.15, -0.1) is 0 Å². The molecule has 1 aromatic heterocycles. The van der Waals surface area contributed by atoms with Crippen molar-refractivity contribution >= 4 is 5.82 Å². The van der Waals surface area contributed by atoms with E-state index in [-0.39, 0.29) is 5.82 Å². The Morgan fingerprint density at radius 3 is 2.53 bits per heavy atom. The first-order chi connectivity index (χ1) is 8.08. The number of pyridine rings is 1. The lowest BCUT2D eigenvalue weighted by Gasteiger charge is -2.22. The van der Waals surface area contributed by atoms with E-state index in [1.165, 1.54) is 12.8 Å². The van der Waals surface area contributed by atoms with Gasteiger partial charge in [-0.3, -0.25) is 0 Å². The largest absolute Gasteiger partial charge is 0.357 e. The van der Waals surface area contributed by atoms with E-state index in [4.69, 9.17) is 0 Å². The number of anilines is 1. The molecule has 0 radical (unpaired) electrons. The van der Waals surface area contributed by atoms with Gasteiger partial charge in [-0.25, -0.2) is 8.78 Å². The third kappa shape index (κ3) is 2.70. The van der Waals surface area contributed by atoms with Crippen LogP contribution in [0.4, 0.5) is 19.0 Å². The Hall–Kier alpha value is -1.26. The van der Waals surface area contributed by atoms with Gasteiger partial charge < -0.3 is 4.90 Å². The number of hydrogen-bond donors (Lipinski definition) is 0. The second-order valence-corrected chi connectivity index (χ2v) is 4.60. The fraction of sp³-hybridized carbons (Fsp3) is 0.583. The zero-order chi connectivity index (χ0) is 12.4. The minimum Gasteiger partial charge on any atom is -0.357 e. The van der Waals surface area contributed by atoms with Gasteiger partial charge in [0.25, 0.3) is 5.95 Å². The van der Waals surface area contributed by atoms with Gasteiger partial charge in [0.1, 0.15) is 0 Å². The standard InChI is InChI=1S/C12H15F3N2/c1-17(7-8-4-2-3-5-8)12-10(14)6-9(13)11(15)16-12/h6,8H,2-5,7H2,1H3. The van der Waals surface area contributed by atoms with Crippen LogP contribution in [0, 0.1) is 23.5 Å². The van der Waals surface area contributed by atoms with Crippen LogP contribution in [-0.4, -0.2) is 18.6 Å². The van der Waals surface area contributed by atoms with Crippen LogP contribution in [0.15, 0.2) is 6.07 Å². The third-order valence-corrected chi connectivity index (χ3v) is 3.24. The van der Waals surface area contributed by atoms with Crippen molar-refractivity contribution in [3.63, 3.8) is 0 Å². The first-order valence-electron chi connectivity index (χ1n) is 5.80. The summed E-state index contributed by atoms with van der Waals surface area (Å²) in [6, 6.07) is 0.544. The van der Waals surface area contributed by atoms with Gasteiger partial charge in [0.2, 0.25) is 0 Å². The van der Waals surface area contributed by atoms with Crippen LogP contribution in [0.2, 0.25) is 0 Å². The molecule has 0 aromatic carbocycles. The first kappa shape index (κ1) is 12.2. The molecule has 1 fully saturated rings. The Morgan fingerprint density at radius 1 is 1.24 bits per heavy atom. The molecule has 1 aliphatic carbocycles. The smallest absolute Gasteiger partial charge is 0.251 e. The molecule has 1 saturated carbocycles. The average molecular weight is 244 g/mol. The molecule has 0 spiro atoms. The van der Waals surface area contributed by atoms with E-state index in [2.05, 4.69) is 4.98 Å². The molecule has 0 amide bonds. The molecule has 1 aromatic rings. The van der Waals surface area contributed by atoms with Crippen LogP contribution in [0.3, 0.4) is 0 Å². The summed E-state index contributed by atoms with van der Waals surface area (Å²) >= 11 is 0. The second kappa shape index (κ2) is 4.94. The molecule has 0 saturated heterocycles. The van der Waals surface area contributed by atoms with Gasteiger partial charge in [0, 0.05) is 19.7 Å². The highest BCUT2D eigenvalue weighted by Crippen LogP contribution is 2.27. The zero-order valence-corrected chi connectivity index (χ0v) is 9.72. The SMILES string of the molecule is CN(CC1CCCC1)c1nc(F)c(F)cc1F. The summed E-state index contributed by atoms with van der Waals surface area (Å²) in [6.45, 7) is 0.634. The molecule has 0 atom stereocenters. The summed E-state index contributed by atoms with van der Waals surface area (Å²) in [6.07, 6.45) is 4.59. The van der Waals surface area contributed by atoms with Gasteiger partial charge in [0.15, 0.2) is 17.5 Å². The van der Waals surface area contributed by atoms with E-state index < -0.39 is 17.6 Å². The molecular weight excluding hydrogens is 229 g/mol. The number of rotatable bonds is 3. The van der Waals surface area contributed by atoms with E-state index in [9.17, 15) is 13.2 Å².